The van der Waals surface area contributed by atoms with Crippen LogP contribution in [-0.4, -0.2) is 20.4 Å². The summed E-state index contributed by atoms with van der Waals surface area (Å²) in [6.45, 7) is 0.0329. The fraction of sp³-hybridized carbons (Fsp3) is 0.0769. The molecule has 2 rings (SSSR count). The molecule has 0 aliphatic carbocycles. The first-order chi connectivity index (χ1) is 9.11. The molecule has 1 N–H and O–H groups in total. The summed E-state index contributed by atoms with van der Waals surface area (Å²) in [5.41, 5.74) is 1.33. The highest BCUT2D eigenvalue weighted by atomic mass is 35.5. The van der Waals surface area contributed by atoms with Crippen LogP contribution in [0.1, 0.15) is 21.5 Å². The highest BCUT2D eigenvalue weighted by Crippen LogP contribution is 2.19. The first-order valence-electron chi connectivity index (χ1n) is 5.28. The Morgan fingerprint density at radius 1 is 1.53 bits per heavy atom. The predicted octanol–water partition coefficient (Wildman–Crippen LogP) is 2.06. The van der Waals surface area contributed by atoms with Crippen molar-refractivity contribution in [2.75, 3.05) is 0 Å². The van der Waals surface area contributed by atoms with Crippen LogP contribution < -0.4 is 4.74 Å². The Morgan fingerprint density at radius 3 is 2.89 bits per heavy atom. The second-order valence-electron chi connectivity index (χ2n) is 3.61. The van der Waals surface area contributed by atoms with Gasteiger partial charge in [0.25, 0.3) is 5.24 Å². The second kappa shape index (κ2) is 5.46. The van der Waals surface area contributed by atoms with Crippen LogP contribution in [0, 0.1) is 12.3 Å². The molecular weight excluding hydrogens is 268 g/mol. The van der Waals surface area contributed by atoms with Crippen molar-refractivity contribution in [2.24, 2.45) is 0 Å². The van der Waals surface area contributed by atoms with Gasteiger partial charge < -0.3 is 9.94 Å². The first-order valence-corrected chi connectivity index (χ1v) is 5.65. The van der Waals surface area contributed by atoms with E-state index in [9.17, 15) is 4.79 Å². The van der Waals surface area contributed by atoms with Crippen molar-refractivity contribution in [3.63, 3.8) is 0 Å². The molecule has 0 bridgehead atoms. The van der Waals surface area contributed by atoms with Crippen molar-refractivity contribution < 1.29 is 14.7 Å². The van der Waals surface area contributed by atoms with E-state index in [-0.39, 0.29) is 12.5 Å². The highest BCUT2D eigenvalue weighted by Gasteiger charge is 2.13. The molecule has 2 aromatic rings. The normalized spacial score (nSPS) is 9.89. The minimum Gasteiger partial charge on any atom is -0.472 e. The van der Waals surface area contributed by atoms with Crippen LogP contribution in [0.4, 0.5) is 0 Å². The summed E-state index contributed by atoms with van der Waals surface area (Å²) in [5.74, 6) is 2.68. The minimum atomic E-state index is -0.608. The maximum absolute atomic E-state index is 11.3. The van der Waals surface area contributed by atoms with Crippen LogP contribution in [0.15, 0.2) is 30.5 Å². The van der Waals surface area contributed by atoms with E-state index in [2.05, 4.69) is 11.0 Å². The van der Waals surface area contributed by atoms with Crippen molar-refractivity contribution in [1.29, 1.82) is 0 Å². The van der Waals surface area contributed by atoms with Crippen molar-refractivity contribution in [3.8, 4) is 18.2 Å². The topological polar surface area (TPSA) is 64.3 Å². The molecule has 0 spiro atoms. The number of hydrogen-bond donors (Lipinski definition) is 1. The van der Waals surface area contributed by atoms with E-state index in [0.717, 1.165) is 0 Å². The zero-order valence-electron chi connectivity index (χ0n) is 9.71. The molecule has 0 aliphatic heterocycles. The number of nitrogens with zero attached hydrogens (tertiary/aromatic N) is 2. The van der Waals surface area contributed by atoms with Crippen LogP contribution in [0.25, 0.3) is 0 Å². The van der Waals surface area contributed by atoms with Crippen LogP contribution in [-0.2, 0) is 6.61 Å². The van der Waals surface area contributed by atoms with Gasteiger partial charge in [-0.3, -0.25) is 4.79 Å². The van der Waals surface area contributed by atoms with Gasteiger partial charge in [0, 0.05) is 22.8 Å². The number of halogens is 1. The SMILES string of the molecule is C#Cc1cccc(C(=O)Cl)c1COc1ccn(O)n1. The number of rotatable bonds is 4. The largest absolute Gasteiger partial charge is 0.472 e. The predicted molar refractivity (Wildman–Crippen MR) is 68.3 cm³/mol. The number of hydrogen-bond acceptors (Lipinski definition) is 4. The van der Waals surface area contributed by atoms with Crippen LogP contribution in [0.5, 0.6) is 5.88 Å². The molecule has 0 aliphatic rings. The van der Waals surface area contributed by atoms with Gasteiger partial charge in [-0.2, -0.15) is 0 Å². The van der Waals surface area contributed by atoms with E-state index in [1.165, 1.54) is 12.3 Å². The zero-order chi connectivity index (χ0) is 13.8. The number of carbonyl (C=O) groups excluding carboxylic acids is 1. The molecule has 1 heterocycles. The second-order valence-corrected chi connectivity index (χ2v) is 3.96. The summed E-state index contributed by atoms with van der Waals surface area (Å²) in [7, 11) is 0. The average molecular weight is 277 g/mol. The van der Waals surface area contributed by atoms with E-state index in [4.69, 9.17) is 28.0 Å². The van der Waals surface area contributed by atoms with E-state index >= 15 is 0 Å². The van der Waals surface area contributed by atoms with E-state index in [1.54, 1.807) is 18.2 Å². The van der Waals surface area contributed by atoms with Gasteiger partial charge in [0.15, 0.2) is 0 Å². The number of carbonyl (C=O) groups is 1. The highest BCUT2D eigenvalue weighted by molar-refractivity contribution is 6.67. The molecule has 96 valence electrons. The first kappa shape index (κ1) is 13.0. The van der Waals surface area contributed by atoms with Crippen molar-refractivity contribution in [1.82, 2.24) is 9.94 Å². The number of aromatic nitrogens is 2. The standard InChI is InChI=1S/C13H9ClN2O3/c1-2-9-4-3-5-10(13(14)17)11(9)8-19-12-6-7-16(18)15-12/h1,3-7,18H,8H2. The summed E-state index contributed by atoms with van der Waals surface area (Å²) in [6.07, 6.45) is 6.69. The average Bonchev–Trinajstić information content (AvgIpc) is 2.81. The third-order valence-corrected chi connectivity index (χ3v) is 2.66. The summed E-state index contributed by atoms with van der Waals surface area (Å²) in [5, 5.41) is 12.0. The fourth-order valence-corrected chi connectivity index (χ4v) is 1.76. The van der Waals surface area contributed by atoms with Crippen molar-refractivity contribution in [2.45, 2.75) is 6.61 Å². The molecule has 0 atom stereocenters. The van der Waals surface area contributed by atoms with Crippen LogP contribution >= 0.6 is 11.6 Å². The molecule has 0 radical (unpaired) electrons. The monoisotopic (exact) mass is 276 g/mol. The molecule has 5 nitrogen and oxygen atoms in total. The summed E-state index contributed by atoms with van der Waals surface area (Å²) in [6, 6.07) is 6.38. The Labute approximate surface area is 114 Å². The molecule has 1 aromatic heterocycles. The maximum atomic E-state index is 11.3. The van der Waals surface area contributed by atoms with Gasteiger partial charge in [-0.1, -0.05) is 17.1 Å². The number of benzene rings is 1. The van der Waals surface area contributed by atoms with Crippen LogP contribution in [0.2, 0.25) is 0 Å². The van der Waals surface area contributed by atoms with Crippen LogP contribution in [0.3, 0.4) is 0 Å². The Morgan fingerprint density at radius 2 is 2.32 bits per heavy atom. The molecular formula is C13H9ClN2O3. The number of ether oxygens (including phenoxy) is 1. The minimum absolute atomic E-state index is 0.0329. The van der Waals surface area contributed by atoms with E-state index in [1.807, 2.05) is 0 Å². The lowest BCUT2D eigenvalue weighted by Crippen LogP contribution is -2.05. The Hall–Kier alpha value is -2.45. The van der Waals surface area contributed by atoms with Gasteiger partial charge in [-0.05, 0) is 23.7 Å². The number of terminal acetylenes is 1. The lowest BCUT2D eigenvalue weighted by Gasteiger charge is -2.09. The Bertz CT molecular complexity index is 658. The molecule has 1 aromatic carbocycles. The molecule has 19 heavy (non-hydrogen) atoms. The van der Waals surface area contributed by atoms with Gasteiger partial charge in [0.05, 0.1) is 6.20 Å². The van der Waals surface area contributed by atoms with Crippen molar-refractivity contribution >= 4 is 16.8 Å². The maximum Gasteiger partial charge on any atom is 0.252 e. The summed E-state index contributed by atoms with van der Waals surface area (Å²) < 4.78 is 5.35. The van der Waals surface area contributed by atoms with Crippen molar-refractivity contribution in [3.05, 3.63) is 47.2 Å². The molecule has 0 amide bonds. The molecule has 0 saturated heterocycles. The summed E-state index contributed by atoms with van der Waals surface area (Å²) >= 11 is 5.50. The fourth-order valence-electron chi connectivity index (χ4n) is 1.58. The molecule has 0 fully saturated rings. The van der Waals surface area contributed by atoms with E-state index < -0.39 is 5.24 Å². The van der Waals surface area contributed by atoms with E-state index in [0.29, 0.717) is 21.5 Å². The molecule has 6 heteroatoms. The lowest BCUT2D eigenvalue weighted by molar-refractivity contribution is 0.107. The summed E-state index contributed by atoms with van der Waals surface area (Å²) in [4.78, 5) is 12.0. The van der Waals surface area contributed by atoms with Gasteiger partial charge in [0.2, 0.25) is 5.88 Å². The smallest absolute Gasteiger partial charge is 0.252 e. The van der Waals surface area contributed by atoms with Gasteiger partial charge in [-0.15, -0.1) is 11.3 Å². The Balaban J connectivity index is 2.28. The lowest BCUT2D eigenvalue weighted by atomic mass is 10.0. The quantitative estimate of drug-likeness (QED) is 0.527. The third-order valence-electron chi connectivity index (χ3n) is 2.46. The van der Waals surface area contributed by atoms with Gasteiger partial charge in [-0.25, -0.2) is 0 Å². The Kier molecular flexibility index (Phi) is 3.74. The van der Waals surface area contributed by atoms with Gasteiger partial charge in [0.1, 0.15) is 6.61 Å². The molecule has 0 unspecified atom stereocenters. The molecule has 0 saturated carbocycles. The zero-order valence-corrected chi connectivity index (χ0v) is 10.5. The third kappa shape index (κ3) is 2.87. The van der Waals surface area contributed by atoms with Gasteiger partial charge >= 0.3 is 0 Å².